The van der Waals surface area contributed by atoms with Gasteiger partial charge in [0.05, 0.1) is 17.5 Å². The lowest BCUT2D eigenvalue weighted by molar-refractivity contribution is -0.147. The van der Waals surface area contributed by atoms with Crippen LogP contribution in [0.1, 0.15) is 19.0 Å². The molecule has 7 heteroatoms. The number of carbonyl (C=O) groups is 2. The van der Waals surface area contributed by atoms with Gasteiger partial charge in [-0.1, -0.05) is 0 Å². The highest BCUT2D eigenvalue weighted by atomic mass is 19.1. The van der Waals surface area contributed by atoms with Crippen molar-refractivity contribution >= 4 is 11.9 Å². The number of likely N-dealkylation sites (tertiary alicyclic amines) is 1. The van der Waals surface area contributed by atoms with Crippen LogP contribution in [0.15, 0.2) is 34.9 Å². The second-order valence-corrected chi connectivity index (χ2v) is 6.26. The molecular weight excluding hydrogens is 315 g/mol. The van der Waals surface area contributed by atoms with Crippen LogP contribution < -0.4 is 0 Å². The maximum atomic E-state index is 12.9. The van der Waals surface area contributed by atoms with Crippen molar-refractivity contribution in [1.82, 2.24) is 9.88 Å². The number of aliphatic carboxylic acids is 1. The average molecular weight is 332 g/mol. The molecule has 1 aliphatic heterocycles. The third-order valence-electron chi connectivity index (χ3n) is 4.32. The zero-order valence-corrected chi connectivity index (χ0v) is 13.2. The second kappa shape index (κ2) is 6.07. The second-order valence-electron chi connectivity index (χ2n) is 6.26. The smallest absolute Gasteiger partial charge is 0.311 e. The highest BCUT2D eigenvalue weighted by Gasteiger charge is 2.42. The van der Waals surface area contributed by atoms with Gasteiger partial charge in [-0.2, -0.15) is 0 Å². The Hall–Kier alpha value is -2.70. The zero-order valence-electron chi connectivity index (χ0n) is 13.2. The lowest BCUT2D eigenvalue weighted by atomic mass is 9.90. The molecule has 1 saturated heterocycles. The van der Waals surface area contributed by atoms with Gasteiger partial charge >= 0.3 is 5.97 Å². The largest absolute Gasteiger partial charge is 0.481 e. The summed E-state index contributed by atoms with van der Waals surface area (Å²) in [7, 11) is 0. The van der Waals surface area contributed by atoms with E-state index in [1.165, 1.54) is 18.4 Å². The number of rotatable bonds is 4. The van der Waals surface area contributed by atoms with Gasteiger partial charge in [0.25, 0.3) is 0 Å². The molecule has 126 valence electrons. The normalized spacial score (nSPS) is 20.3. The van der Waals surface area contributed by atoms with Crippen LogP contribution in [-0.4, -0.2) is 40.0 Å². The Kier molecular flexibility index (Phi) is 4.09. The molecular formula is C17H17FN2O4. The quantitative estimate of drug-likeness (QED) is 0.929. The van der Waals surface area contributed by atoms with Crippen LogP contribution in [0, 0.1) is 11.2 Å². The van der Waals surface area contributed by atoms with Gasteiger partial charge in [-0.25, -0.2) is 9.37 Å². The van der Waals surface area contributed by atoms with E-state index >= 15 is 0 Å². The molecule has 1 unspecified atom stereocenters. The van der Waals surface area contributed by atoms with E-state index in [0.29, 0.717) is 30.1 Å². The third-order valence-corrected chi connectivity index (χ3v) is 4.32. The van der Waals surface area contributed by atoms with E-state index in [4.69, 9.17) is 4.42 Å². The molecule has 2 aromatic rings. The molecule has 3 rings (SSSR count). The van der Waals surface area contributed by atoms with Crippen molar-refractivity contribution in [3.63, 3.8) is 0 Å². The molecule has 1 aliphatic rings. The lowest BCUT2D eigenvalue weighted by Crippen LogP contribution is -2.35. The number of halogens is 1. The fourth-order valence-corrected chi connectivity index (χ4v) is 2.73. The van der Waals surface area contributed by atoms with Gasteiger partial charge < -0.3 is 14.4 Å². The number of oxazole rings is 1. The van der Waals surface area contributed by atoms with E-state index in [9.17, 15) is 19.1 Å². The fourth-order valence-electron chi connectivity index (χ4n) is 2.73. The first kappa shape index (κ1) is 16.2. The van der Waals surface area contributed by atoms with Gasteiger partial charge in [0, 0.05) is 18.7 Å². The van der Waals surface area contributed by atoms with E-state index < -0.39 is 11.4 Å². The summed E-state index contributed by atoms with van der Waals surface area (Å²) in [5, 5.41) is 9.22. The van der Waals surface area contributed by atoms with E-state index in [-0.39, 0.29) is 24.7 Å². The molecule has 0 radical (unpaired) electrons. The summed E-state index contributed by atoms with van der Waals surface area (Å²) in [4.78, 5) is 29.3. The van der Waals surface area contributed by atoms with Gasteiger partial charge in [-0.15, -0.1) is 0 Å². The molecule has 6 nitrogen and oxygen atoms in total. The first-order valence-electron chi connectivity index (χ1n) is 7.59. The highest BCUT2D eigenvalue weighted by molar-refractivity contribution is 5.81. The van der Waals surface area contributed by atoms with Crippen LogP contribution in [0.25, 0.3) is 11.5 Å². The number of hydrogen-bond donors (Lipinski definition) is 1. The number of hydrogen-bond acceptors (Lipinski definition) is 4. The minimum atomic E-state index is -0.891. The molecule has 1 fully saturated rings. The molecule has 1 amide bonds. The van der Waals surface area contributed by atoms with Crippen LogP contribution in [0.5, 0.6) is 0 Å². The predicted molar refractivity (Wildman–Crippen MR) is 82.5 cm³/mol. The van der Waals surface area contributed by atoms with Gasteiger partial charge in [0.2, 0.25) is 11.8 Å². The first-order chi connectivity index (χ1) is 11.4. The summed E-state index contributed by atoms with van der Waals surface area (Å²) in [6.45, 7) is 2.26. The summed E-state index contributed by atoms with van der Waals surface area (Å²) >= 11 is 0. The molecule has 2 heterocycles. The molecule has 1 atom stereocenters. The minimum absolute atomic E-state index is 0.0421. The van der Waals surface area contributed by atoms with Crippen molar-refractivity contribution in [3.8, 4) is 11.5 Å². The Bertz CT molecular complexity index is 771. The van der Waals surface area contributed by atoms with Crippen molar-refractivity contribution in [1.29, 1.82) is 0 Å². The van der Waals surface area contributed by atoms with Crippen molar-refractivity contribution in [2.24, 2.45) is 5.41 Å². The highest BCUT2D eigenvalue weighted by Crippen LogP contribution is 2.30. The Morgan fingerprint density at radius 1 is 1.38 bits per heavy atom. The zero-order chi connectivity index (χ0) is 17.3. The van der Waals surface area contributed by atoms with Crippen LogP contribution in [0.2, 0.25) is 0 Å². The third kappa shape index (κ3) is 3.15. The van der Waals surface area contributed by atoms with E-state index in [1.54, 1.807) is 24.0 Å². The predicted octanol–water partition coefficient (Wildman–Crippen LogP) is 2.35. The molecule has 0 aliphatic carbocycles. The molecule has 1 aromatic heterocycles. The molecule has 0 bridgehead atoms. The summed E-state index contributed by atoms with van der Waals surface area (Å²) < 4.78 is 18.3. The molecule has 1 aromatic carbocycles. The van der Waals surface area contributed by atoms with Crippen LogP contribution in [0.4, 0.5) is 4.39 Å². The minimum Gasteiger partial charge on any atom is -0.481 e. The van der Waals surface area contributed by atoms with Gasteiger partial charge in [-0.3, -0.25) is 9.59 Å². The summed E-state index contributed by atoms with van der Waals surface area (Å²) in [5.41, 5.74) is 0.191. The number of amides is 1. The van der Waals surface area contributed by atoms with E-state index in [1.807, 2.05) is 0 Å². The van der Waals surface area contributed by atoms with Gasteiger partial charge in [-0.05, 0) is 37.6 Å². The number of benzene rings is 1. The average Bonchev–Trinajstić information content (AvgIpc) is 3.16. The summed E-state index contributed by atoms with van der Waals surface area (Å²) in [6, 6.07) is 5.71. The monoisotopic (exact) mass is 332 g/mol. The van der Waals surface area contributed by atoms with Crippen molar-refractivity contribution in [3.05, 3.63) is 42.0 Å². The van der Waals surface area contributed by atoms with Crippen molar-refractivity contribution < 1.29 is 23.5 Å². The molecule has 0 saturated carbocycles. The van der Waals surface area contributed by atoms with E-state index in [2.05, 4.69) is 4.98 Å². The van der Waals surface area contributed by atoms with Crippen LogP contribution in [-0.2, 0) is 16.0 Å². The number of nitrogens with zero attached hydrogens (tertiary/aromatic N) is 2. The van der Waals surface area contributed by atoms with Crippen LogP contribution >= 0.6 is 0 Å². The number of carboxylic acid groups (broad SMARTS) is 1. The lowest BCUT2D eigenvalue weighted by Gasteiger charge is -2.19. The Labute approximate surface area is 137 Å². The summed E-state index contributed by atoms with van der Waals surface area (Å²) in [5.74, 6) is -1.11. The fraction of sp³-hybridized carbons (Fsp3) is 0.353. The van der Waals surface area contributed by atoms with E-state index in [0.717, 1.165) is 0 Å². The molecule has 24 heavy (non-hydrogen) atoms. The standard InChI is InChI=1S/C17H17FN2O4/c1-17(16(22)23)6-7-20(10-17)14(21)8-13-9-24-15(19-13)11-2-4-12(18)5-3-11/h2-5,9H,6-8,10H2,1H3,(H,22,23). The Balaban J connectivity index is 1.66. The number of aromatic nitrogens is 1. The molecule has 0 spiro atoms. The number of carbonyl (C=O) groups excluding carboxylic acids is 1. The topological polar surface area (TPSA) is 83.6 Å². The number of carboxylic acids is 1. The van der Waals surface area contributed by atoms with Crippen molar-refractivity contribution in [2.45, 2.75) is 19.8 Å². The maximum absolute atomic E-state index is 12.9. The first-order valence-corrected chi connectivity index (χ1v) is 7.59. The summed E-state index contributed by atoms with van der Waals surface area (Å²) in [6.07, 6.45) is 1.87. The van der Waals surface area contributed by atoms with Gasteiger partial charge in [0.15, 0.2) is 0 Å². The van der Waals surface area contributed by atoms with Crippen molar-refractivity contribution in [2.75, 3.05) is 13.1 Å². The van der Waals surface area contributed by atoms with Crippen LogP contribution in [0.3, 0.4) is 0 Å². The van der Waals surface area contributed by atoms with Gasteiger partial charge in [0.1, 0.15) is 12.1 Å². The SMILES string of the molecule is CC1(C(=O)O)CCN(C(=O)Cc2coc(-c3ccc(F)cc3)n2)C1. The maximum Gasteiger partial charge on any atom is 0.311 e. The Morgan fingerprint density at radius 2 is 2.08 bits per heavy atom. The Morgan fingerprint density at radius 3 is 2.71 bits per heavy atom. The molecule has 1 N–H and O–H groups in total.